The van der Waals surface area contributed by atoms with Crippen LogP contribution >= 0.6 is 0 Å². The van der Waals surface area contributed by atoms with E-state index >= 15 is 0 Å². The average Bonchev–Trinajstić information content (AvgIpc) is 2.23. The van der Waals surface area contributed by atoms with Gasteiger partial charge in [0.05, 0.1) is 0 Å². The van der Waals surface area contributed by atoms with Crippen molar-refractivity contribution < 1.29 is 4.79 Å². The first-order chi connectivity index (χ1) is 8.09. The largest absolute Gasteiger partial charge is 0.295 e. The summed E-state index contributed by atoms with van der Waals surface area (Å²) in [5.41, 5.74) is 2.43. The van der Waals surface area contributed by atoms with Gasteiger partial charge in [-0.15, -0.1) is 0 Å². The number of hydrogen-bond donors (Lipinski definition) is 0. The quantitative estimate of drug-likeness (QED) is 0.604. The van der Waals surface area contributed by atoms with Crippen molar-refractivity contribution in [2.75, 3.05) is 0 Å². The van der Waals surface area contributed by atoms with E-state index in [4.69, 9.17) is 0 Å². The fraction of sp³-hybridized carbons (Fsp3) is 0.562. The molecule has 1 nitrogen and oxygen atoms in total. The summed E-state index contributed by atoms with van der Waals surface area (Å²) in [6.45, 7) is 6.12. The van der Waals surface area contributed by atoms with Gasteiger partial charge < -0.3 is 0 Å². The number of Topliss-reactive ketones (excluding diaryl/α,β-unsaturated/α-hetero) is 1. The zero-order valence-electron chi connectivity index (χ0n) is 11.3. The lowest BCUT2D eigenvalue weighted by molar-refractivity contribution is -0.113. The summed E-state index contributed by atoms with van der Waals surface area (Å²) in [7, 11) is 0. The van der Waals surface area contributed by atoms with Crippen LogP contribution in [0.15, 0.2) is 35.5 Å². The van der Waals surface area contributed by atoms with Gasteiger partial charge in [-0.05, 0) is 57.4 Å². The van der Waals surface area contributed by atoms with Crippen molar-refractivity contribution in [2.45, 2.75) is 52.9 Å². The number of carbonyl (C=O) groups is 1. The molecule has 94 valence electrons. The Morgan fingerprint density at radius 1 is 1.24 bits per heavy atom. The van der Waals surface area contributed by atoms with Gasteiger partial charge in [-0.1, -0.05) is 36.8 Å². The molecule has 0 N–H and O–H groups in total. The standard InChI is InChI=1S/C16H24O/c1-13-8-5-4-6-10-16(15(3)17)11-7-9-14(2)12-13/h5,8-10,13H,4,6-7,11-12H2,1-3H3/b8-5-,14-9+,16-10-/t13-/m0/s1. The Balaban J connectivity index is 2.74. The van der Waals surface area contributed by atoms with E-state index in [1.54, 1.807) is 6.92 Å². The molecule has 1 aliphatic rings. The fourth-order valence-electron chi connectivity index (χ4n) is 2.24. The first kappa shape index (κ1) is 14.0. The average molecular weight is 232 g/mol. The molecule has 0 heterocycles. The highest BCUT2D eigenvalue weighted by Crippen LogP contribution is 2.17. The number of hydrogen-bond acceptors (Lipinski definition) is 1. The lowest BCUT2D eigenvalue weighted by atomic mass is 9.97. The Morgan fingerprint density at radius 2 is 2.00 bits per heavy atom. The Labute approximate surface area is 105 Å². The zero-order chi connectivity index (χ0) is 12.7. The van der Waals surface area contributed by atoms with Crippen molar-refractivity contribution in [1.29, 1.82) is 0 Å². The topological polar surface area (TPSA) is 17.1 Å². The van der Waals surface area contributed by atoms with E-state index in [2.05, 4.69) is 38.2 Å². The van der Waals surface area contributed by atoms with Gasteiger partial charge in [-0.2, -0.15) is 0 Å². The third-order valence-electron chi connectivity index (χ3n) is 3.19. The van der Waals surface area contributed by atoms with E-state index in [0.29, 0.717) is 5.92 Å². The predicted molar refractivity (Wildman–Crippen MR) is 73.9 cm³/mol. The molecule has 0 aromatic carbocycles. The molecule has 0 amide bonds. The van der Waals surface area contributed by atoms with E-state index in [1.165, 1.54) is 5.57 Å². The summed E-state index contributed by atoms with van der Waals surface area (Å²) in [4.78, 5) is 11.4. The van der Waals surface area contributed by atoms with E-state index < -0.39 is 0 Å². The normalized spacial score (nSPS) is 31.1. The van der Waals surface area contributed by atoms with Crippen molar-refractivity contribution in [3.63, 3.8) is 0 Å². The molecule has 0 fully saturated rings. The molecule has 0 spiro atoms. The molecule has 0 bridgehead atoms. The number of ketones is 1. The minimum atomic E-state index is 0.227. The summed E-state index contributed by atoms with van der Waals surface area (Å²) in [5, 5.41) is 0. The molecular formula is C16H24O. The third-order valence-corrected chi connectivity index (χ3v) is 3.19. The van der Waals surface area contributed by atoms with Crippen LogP contribution in [0.25, 0.3) is 0 Å². The first-order valence-corrected chi connectivity index (χ1v) is 6.62. The van der Waals surface area contributed by atoms with Gasteiger partial charge in [0.15, 0.2) is 5.78 Å². The van der Waals surface area contributed by atoms with Crippen molar-refractivity contribution in [2.24, 2.45) is 5.92 Å². The first-order valence-electron chi connectivity index (χ1n) is 6.62. The minimum absolute atomic E-state index is 0.227. The van der Waals surface area contributed by atoms with Crippen molar-refractivity contribution >= 4 is 5.78 Å². The van der Waals surface area contributed by atoms with Gasteiger partial charge in [-0.25, -0.2) is 0 Å². The molecule has 0 saturated carbocycles. The van der Waals surface area contributed by atoms with E-state index in [1.807, 2.05) is 0 Å². The second kappa shape index (κ2) is 7.26. The van der Waals surface area contributed by atoms with E-state index in [0.717, 1.165) is 37.7 Å². The van der Waals surface area contributed by atoms with Gasteiger partial charge in [0, 0.05) is 0 Å². The van der Waals surface area contributed by atoms with Crippen LogP contribution in [0.1, 0.15) is 52.9 Å². The highest BCUT2D eigenvalue weighted by molar-refractivity contribution is 5.93. The van der Waals surface area contributed by atoms with Gasteiger partial charge in [0.25, 0.3) is 0 Å². The van der Waals surface area contributed by atoms with Crippen LogP contribution < -0.4 is 0 Å². The number of allylic oxidation sites excluding steroid dienone is 6. The third kappa shape index (κ3) is 5.67. The number of rotatable bonds is 1. The number of carbonyl (C=O) groups excluding carboxylic acids is 1. The maximum Gasteiger partial charge on any atom is 0.155 e. The molecule has 0 radical (unpaired) electrons. The second-order valence-electron chi connectivity index (χ2n) is 5.06. The summed E-state index contributed by atoms with van der Waals surface area (Å²) < 4.78 is 0. The molecule has 0 unspecified atom stereocenters. The highest BCUT2D eigenvalue weighted by atomic mass is 16.1. The maximum absolute atomic E-state index is 11.4. The Morgan fingerprint density at radius 3 is 2.71 bits per heavy atom. The maximum atomic E-state index is 11.4. The van der Waals surface area contributed by atoms with Crippen molar-refractivity contribution in [3.8, 4) is 0 Å². The zero-order valence-corrected chi connectivity index (χ0v) is 11.3. The van der Waals surface area contributed by atoms with Crippen LogP contribution in [0.2, 0.25) is 0 Å². The summed E-state index contributed by atoms with van der Waals surface area (Å²) in [6, 6.07) is 0. The Bertz CT molecular complexity index is 345. The van der Waals surface area contributed by atoms with E-state index in [9.17, 15) is 4.79 Å². The van der Waals surface area contributed by atoms with Gasteiger partial charge in [0.1, 0.15) is 0 Å². The second-order valence-corrected chi connectivity index (χ2v) is 5.06. The van der Waals surface area contributed by atoms with Crippen LogP contribution in [-0.2, 0) is 4.79 Å². The fourth-order valence-corrected chi connectivity index (χ4v) is 2.24. The molecule has 1 rings (SSSR count). The molecule has 0 aliphatic heterocycles. The lowest BCUT2D eigenvalue weighted by Crippen LogP contribution is -1.97. The van der Waals surface area contributed by atoms with Gasteiger partial charge >= 0.3 is 0 Å². The van der Waals surface area contributed by atoms with Crippen LogP contribution in [0.5, 0.6) is 0 Å². The minimum Gasteiger partial charge on any atom is -0.295 e. The van der Waals surface area contributed by atoms with Gasteiger partial charge in [0.2, 0.25) is 0 Å². The van der Waals surface area contributed by atoms with Gasteiger partial charge in [-0.3, -0.25) is 4.79 Å². The van der Waals surface area contributed by atoms with Crippen LogP contribution in [0, 0.1) is 5.92 Å². The SMILES string of the molecule is CC(=O)/C1=C\CC/C=C\[C@H](C)C/C(C)=C/CC1. The summed E-state index contributed by atoms with van der Waals surface area (Å²) >= 11 is 0. The summed E-state index contributed by atoms with van der Waals surface area (Å²) in [6.07, 6.45) is 14.0. The Kier molecular flexibility index (Phi) is 5.96. The van der Waals surface area contributed by atoms with Crippen LogP contribution in [0.4, 0.5) is 0 Å². The molecule has 0 aromatic heterocycles. The highest BCUT2D eigenvalue weighted by Gasteiger charge is 2.04. The van der Waals surface area contributed by atoms with E-state index in [-0.39, 0.29) is 5.78 Å². The molecule has 17 heavy (non-hydrogen) atoms. The predicted octanol–water partition coefficient (Wildman–Crippen LogP) is 4.60. The molecule has 1 aliphatic carbocycles. The smallest absolute Gasteiger partial charge is 0.155 e. The Hall–Kier alpha value is -1.11. The molecular weight excluding hydrogens is 208 g/mol. The lowest BCUT2D eigenvalue weighted by Gasteiger charge is -2.08. The van der Waals surface area contributed by atoms with Crippen molar-refractivity contribution in [1.82, 2.24) is 0 Å². The molecule has 1 atom stereocenters. The van der Waals surface area contributed by atoms with Crippen LogP contribution in [0.3, 0.4) is 0 Å². The van der Waals surface area contributed by atoms with Crippen molar-refractivity contribution in [3.05, 3.63) is 35.5 Å². The molecule has 0 aromatic rings. The molecule has 0 saturated heterocycles. The summed E-state index contributed by atoms with van der Waals surface area (Å²) in [5.74, 6) is 0.854. The molecule has 1 heteroatoms. The monoisotopic (exact) mass is 232 g/mol. The van der Waals surface area contributed by atoms with Crippen LogP contribution in [-0.4, -0.2) is 5.78 Å².